The molecule has 1 aromatic heterocycles. The lowest BCUT2D eigenvalue weighted by Crippen LogP contribution is -2.17. The molecule has 1 aromatic carbocycles. The first kappa shape index (κ1) is 17.5. The summed E-state index contributed by atoms with van der Waals surface area (Å²) in [4.78, 5) is 15.3. The standard InChI is InChI=1S/C17H21N3O4S/c1-2-13(17(21)22)10-12-5-7-14(8-6-12)19-25(23,24)16-11-18-15-4-3-9-20(15)16/h5-8,11,13,19H,2-4,9-10H2,1H3,(H,21,22). The number of hydrogen-bond acceptors (Lipinski definition) is 4. The Kier molecular flexibility index (Phi) is 4.80. The fourth-order valence-electron chi connectivity index (χ4n) is 3.05. The second-order valence-corrected chi connectivity index (χ2v) is 7.85. The highest BCUT2D eigenvalue weighted by Crippen LogP contribution is 2.23. The lowest BCUT2D eigenvalue weighted by Gasteiger charge is -2.12. The number of carbonyl (C=O) groups is 1. The molecule has 134 valence electrons. The smallest absolute Gasteiger partial charge is 0.306 e. The first-order chi connectivity index (χ1) is 11.9. The number of nitrogens with zero attached hydrogens (tertiary/aromatic N) is 2. The number of anilines is 1. The molecule has 1 aliphatic rings. The van der Waals surface area contributed by atoms with Gasteiger partial charge in [-0.15, -0.1) is 0 Å². The van der Waals surface area contributed by atoms with Crippen LogP contribution in [-0.4, -0.2) is 29.0 Å². The van der Waals surface area contributed by atoms with Crippen molar-refractivity contribution in [2.75, 3.05) is 4.72 Å². The molecule has 3 rings (SSSR count). The maximum Gasteiger partial charge on any atom is 0.306 e. The van der Waals surface area contributed by atoms with E-state index in [1.54, 1.807) is 28.8 Å². The van der Waals surface area contributed by atoms with Gasteiger partial charge in [-0.1, -0.05) is 19.1 Å². The van der Waals surface area contributed by atoms with Crippen molar-refractivity contribution in [1.82, 2.24) is 9.55 Å². The van der Waals surface area contributed by atoms with Gasteiger partial charge in [0.1, 0.15) is 5.82 Å². The summed E-state index contributed by atoms with van der Waals surface area (Å²) in [5, 5.41) is 9.31. The van der Waals surface area contributed by atoms with E-state index in [0.717, 1.165) is 24.2 Å². The van der Waals surface area contributed by atoms with Gasteiger partial charge in [-0.25, -0.2) is 4.98 Å². The van der Waals surface area contributed by atoms with Crippen molar-refractivity contribution in [2.45, 2.75) is 44.2 Å². The van der Waals surface area contributed by atoms with E-state index in [9.17, 15) is 13.2 Å². The number of fused-ring (bicyclic) bond motifs is 1. The van der Waals surface area contributed by atoms with Crippen molar-refractivity contribution < 1.29 is 18.3 Å². The van der Waals surface area contributed by atoms with Crippen LogP contribution >= 0.6 is 0 Å². The Morgan fingerprint density at radius 3 is 2.72 bits per heavy atom. The molecule has 0 fully saturated rings. The largest absolute Gasteiger partial charge is 0.481 e. The van der Waals surface area contributed by atoms with Crippen LogP contribution in [0.2, 0.25) is 0 Å². The Morgan fingerprint density at radius 2 is 2.08 bits per heavy atom. The quantitative estimate of drug-likeness (QED) is 0.786. The number of aliphatic carboxylic acids is 1. The van der Waals surface area contributed by atoms with E-state index in [1.165, 1.54) is 6.20 Å². The highest BCUT2D eigenvalue weighted by molar-refractivity contribution is 7.92. The van der Waals surface area contributed by atoms with E-state index in [1.807, 2.05) is 6.92 Å². The summed E-state index contributed by atoms with van der Waals surface area (Å²) in [6, 6.07) is 6.82. The molecule has 2 aromatic rings. The highest BCUT2D eigenvalue weighted by atomic mass is 32.2. The van der Waals surface area contributed by atoms with Crippen molar-refractivity contribution in [3.63, 3.8) is 0 Å². The third-order valence-electron chi connectivity index (χ3n) is 4.49. The second kappa shape index (κ2) is 6.87. The summed E-state index contributed by atoms with van der Waals surface area (Å²) in [7, 11) is -3.69. The van der Waals surface area contributed by atoms with E-state index in [4.69, 9.17) is 5.11 Å². The molecule has 8 heteroatoms. The van der Waals surface area contributed by atoms with E-state index >= 15 is 0 Å². The average Bonchev–Trinajstić information content (AvgIpc) is 3.16. The fourth-order valence-corrected chi connectivity index (χ4v) is 4.28. The molecule has 2 heterocycles. The maximum absolute atomic E-state index is 12.6. The van der Waals surface area contributed by atoms with Gasteiger partial charge in [0.2, 0.25) is 0 Å². The van der Waals surface area contributed by atoms with Gasteiger partial charge in [-0.05, 0) is 37.0 Å². The maximum atomic E-state index is 12.6. The molecule has 7 nitrogen and oxygen atoms in total. The van der Waals surface area contributed by atoms with Gasteiger partial charge >= 0.3 is 5.97 Å². The first-order valence-corrected chi connectivity index (χ1v) is 9.78. The first-order valence-electron chi connectivity index (χ1n) is 8.29. The normalized spacial score (nSPS) is 14.9. The molecule has 0 aliphatic carbocycles. The molecule has 25 heavy (non-hydrogen) atoms. The van der Waals surface area contributed by atoms with Gasteiger partial charge in [0, 0.05) is 18.7 Å². The summed E-state index contributed by atoms with van der Waals surface area (Å²) < 4.78 is 29.4. The zero-order valence-electron chi connectivity index (χ0n) is 14.0. The number of carboxylic acids is 1. The Morgan fingerprint density at radius 1 is 1.36 bits per heavy atom. The van der Waals surface area contributed by atoms with Crippen LogP contribution in [0.15, 0.2) is 35.5 Å². The van der Waals surface area contributed by atoms with Gasteiger partial charge in [0.25, 0.3) is 10.0 Å². The van der Waals surface area contributed by atoms with Crippen LogP contribution < -0.4 is 4.72 Å². The summed E-state index contributed by atoms with van der Waals surface area (Å²) in [6.45, 7) is 2.50. The van der Waals surface area contributed by atoms with Crippen molar-refractivity contribution in [1.29, 1.82) is 0 Å². The lowest BCUT2D eigenvalue weighted by atomic mass is 9.97. The predicted molar refractivity (Wildman–Crippen MR) is 92.9 cm³/mol. The number of rotatable bonds is 7. The molecular weight excluding hydrogens is 342 g/mol. The highest BCUT2D eigenvalue weighted by Gasteiger charge is 2.25. The Labute approximate surface area is 146 Å². The van der Waals surface area contributed by atoms with Gasteiger partial charge < -0.3 is 9.67 Å². The van der Waals surface area contributed by atoms with Crippen molar-refractivity contribution in [3.8, 4) is 0 Å². The molecule has 0 saturated carbocycles. The third kappa shape index (κ3) is 3.68. The van der Waals surface area contributed by atoms with Crippen molar-refractivity contribution in [2.24, 2.45) is 5.92 Å². The topological polar surface area (TPSA) is 101 Å². The molecule has 1 unspecified atom stereocenters. The minimum absolute atomic E-state index is 0.181. The SMILES string of the molecule is CCC(Cc1ccc(NS(=O)(=O)c2cnc3n2CCC3)cc1)C(=O)O. The average molecular weight is 363 g/mol. The van der Waals surface area contributed by atoms with Gasteiger partial charge in [0.15, 0.2) is 5.03 Å². The number of hydrogen-bond donors (Lipinski definition) is 2. The Balaban J connectivity index is 1.73. The van der Waals surface area contributed by atoms with Crippen LogP contribution in [0, 0.1) is 5.92 Å². The van der Waals surface area contributed by atoms with E-state index < -0.39 is 21.9 Å². The minimum atomic E-state index is -3.69. The number of sulfonamides is 1. The monoisotopic (exact) mass is 363 g/mol. The van der Waals surface area contributed by atoms with Crippen LogP contribution in [0.5, 0.6) is 0 Å². The molecular formula is C17H21N3O4S. The summed E-state index contributed by atoms with van der Waals surface area (Å²) >= 11 is 0. The molecule has 1 atom stereocenters. The van der Waals surface area contributed by atoms with Crippen LogP contribution in [0.3, 0.4) is 0 Å². The van der Waals surface area contributed by atoms with Gasteiger partial charge in [-0.3, -0.25) is 9.52 Å². The molecule has 0 saturated heterocycles. The van der Waals surface area contributed by atoms with E-state index in [2.05, 4.69) is 9.71 Å². The molecule has 0 spiro atoms. The molecule has 0 amide bonds. The second-order valence-electron chi connectivity index (χ2n) is 6.22. The molecule has 2 N–H and O–H groups in total. The van der Waals surface area contributed by atoms with Crippen molar-refractivity contribution >= 4 is 21.7 Å². The van der Waals surface area contributed by atoms with Crippen molar-refractivity contribution in [3.05, 3.63) is 41.9 Å². The Hall–Kier alpha value is -2.35. The van der Waals surface area contributed by atoms with Gasteiger partial charge in [0.05, 0.1) is 12.1 Å². The van der Waals surface area contributed by atoms with Crippen LogP contribution in [0.25, 0.3) is 0 Å². The zero-order valence-corrected chi connectivity index (χ0v) is 14.8. The number of aryl methyl sites for hydroxylation is 1. The number of aromatic nitrogens is 2. The number of nitrogens with one attached hydrogen (secondary N) is 1. The molecule has 0 bridgehead atoms. The van der Waals surface area contributed by atoms with Crippen LogP contribution in [0.4, 0.5) is 5.69 Å². The van der Waals surface area contributed by atoms with Gasteiger partial charge in [-0.2, -0.15) is 8.42 Å². The zero-order chi connectivity index (χ0) is 18.0. The third-order valence-corrected chi connectivity index (χ3v) is 5.87. The van der Waals surface area contributed by atoms with Crippen LogP contribution in [0.1, 0.15) is 31.2 Å². The number of carboxylic acid groups (broad SMARTS) is 1. The lowest BCUT2D eigenvalue weighted by molar-refractivity contribution is -0.141. The minimum Gasteiger partial charge on any atom is -0.481 e. The number of imidazole rings is 1. The molecule has 1 aliphatic heterocycles. The Bertz CT molecular complexity index is 872. The summed E-state index contributed by atoms with van der Waals surface area (Å²) in [5.41, 5.74) is 1.31. The predicted octanol–water partition coefficient (Wildman–Crippen LogP) is 2.28. The van der Waals surface area contributed by atoms with Crippen LogP contribution in [-0.2, 0) is 34.2 Å². The summed E-state index contributed by atoms with van der Waals surface area (Å²) in [5.74, 6) is -0.450. The number of benzene rings is 1. The summed E-state index contributed by atoms with van der Waals surface area (Å²) in [6.07, 6.45) is 4.07. The van der Waals surface area contributed by atoms with E-state index in [0.29, 0.717) is 25.1 Å². The van der Waals surface area contributed by atoms with E-state index in [-0.39, 0.29) is 5.03 Å². The molecule has 0 radical (unpaired) electrons. The fraction of sp³-hybridized carbons (Fsp3) is 0.412.